The van der Waals surface area contributed by atoms with Crippen molar-refractivity contribution in [2.45, 2.75) is 25.1 Å². The van der Waals surface area contributed by atoms with Crippen LogP contribution in [-0.4, -0.2) is 56.2 Å². The molecule has 0 aliphatic carbocycles. The van der Waals surface area contributed by atoms with Crippen LogP contribution in [0.15, 0.2) is 60.7 Å². The van der Waals surface area contributed by atoms with E-state index in [0.717, 1.165) is 12.1 Å². The minimum Gasteiger partial charge on any atom is -0.508 e. The number of carbonyl (C=O) groups excluding carboxylic acids is 2. The summed E-state index contributed by atoms with van der Waals surface area (Å²) in [4.78, 5) is 30.3. The molecule has 2 saturated heterocycles. The molecular weight excluding hydrogens is 541 g/mol. The van der Waals surface area contributed by atoms with Crippen LogP contribution in [-0.2, 0) is 11.0 Å². The molecule has 1 atom stereocenters. The molecule has 0 radical (unpaired) electrons. The number of aromatic hydroxyl groups is 1. The van der Waals surface area contributed by atoms with Crippen LogP contribution in [0, 0.1) is 5.41 Å². The van der Waals surface area contributed by atoms with Gasteiger partial charge in [0, 0.05) is 24.3 Å². The summed E-state index contributed by atoms with van der Waals surface area (Å²) in [5.74, 6) is 0.487. The van der Waals surface area contributed by atoms with Crippen LogP contribution in [0.25, 0.3) is 0 Å². The molecule has 41 heavy (non-hydrogen) atoms. The summed E-state index contributed by atoms with van der Waals surface area (Å²) in [6.45, 7) is 0.512. The Morgan fingerprint density at radius 2 is 1.54 bits per heavy atom. The highest BCUT2D eigenvalue weighted by Gasteiger charge is 2.62. The van der Waals surface area contributed by atoms with Crippen LogP contribution in [0.1, 0.15) is 40.4 Å². The van der Waals surface area contributed by atoms with Gasteiger partial charge in [0.25, 0.3) is 5.91 Å². The van der Waals surface area contributed by atoms with Gasteiger partial charge in [-0.2, -0.15) is 13.2 Å². The second-order valence-electron chi connectivity index (χ2n) is 10.1. The molecule has 216 valence electrons. The zero-order valence-electron chi connectivity index (χ0n) is 22.7. The van der Waals surface area contributed by atoms with E-state index in [1.165, 1.54) is 50.5 Å². The van der Waals surface area contributed by atoms with Crippen molar-refractivity contribution < 1.29 is 42.1 Å². The lowest BCUT2D eigenvalue weighted by molar-refractivity contribution is -0.144. The van der Waals surface area contributed by atoms with Gasteiger partial charge < -0.3 is 29.1 Å². The van der Waals surface area contributed by atoms with E-state index in [1.54, 1.807) is 29.2 Å². The SMILES string of the molecule is COc1cc(C(=O)N2CCC3(CC2)C(=O)N(c2cccc(C(F)(F)F)c2)C3c2ccc(O)cc2)cc(OC)c1OC. The summed E-state index contributed by atoms with van der Waals surface area (Å²) in [6, 6.07) is 13.6. The van der Waals surface area contributed by atoms with E-state index in [2.05, 4.69) is 0 Å². The molecule has 1 spiro atoms. The summed E-state index contributed by atoms with van der Waals surface area (Å²) < 4.78 is 56.5. The predicted molar refractivity (Wildman–Crippen MR) is 143 cm³/mol. The highest BCUT2D eigenvalue weighted by Crippen LogP contribution is 2.58. The van der Waals surface area contributed by atoms with Crippen molar-refractivity contribution in [2.75, 3.05) is 39.3 Å². The number of benzene rings is 3. The van der Waals surface area contributed by atoms with E-state index in [1.807, 2.05) is 0 Å². The first kappa shape index (κ1) is 28.1. The van der Waals surface area contributed by atoms with Crippen molar-refractivity contribution in [1.82, 2.24) is 4.90 Å². The lowest BCUT2D eigenvalue weighted by atomic mass is 9.62. The maximum Gasteiger partial charge on any atom is 0.416 e. The Kier molecular flexibility index (Phi) is 7.23. The monoisotopic (exact) mass is 570 g/mol. The molecule has 1 unspecified atom stereocenters. The van der Waals surface area contributed by atoms with Gasteiger partial charge >= 0.3 is 6.18 Å². The number of carbonyl (C=O) groups is 2. The molecule has 2 amide bonds. The number of alkyl halides is 3. The number of nitrogens with zero attached hydrogens (tertiary/aromatic N) is 2. The lowest BCUT2D eigenvalue weighted by Crippen LogP contribution is -2.67. The molecule has 8 nitrogen and oxygen atoms in total. The Hall–Kier alpha value is -4.41. The van der Waals surface area contributed by atoms with Crippen molar-refractivity contribution in [3.8, 4) is 23.0 Å². The second kappa shape index (κ2) is 10.5. The van der Waals surface area contributed by atoms with Crippen LogP contribution < -0.4 is 19.1 Å². The Labute approximate surface area is 234 Å². The van der Waals surface area contributed by atoms with Gasteiger partial charge in [0.05, 0.1) is 38.3 Å². The summed E-state index contributed by atoms with van der Waals surface area (Å²) in [5, 5.41) is 9.83. The predicted octanol–water partition coefficient (Wildman–Crippen LogP) is 5.45. The number of amides is 2. The average molecular weight is 571 g/mol. The third-order valence-electron chi connectivity index (χ3n) is 7.94. The summed E-state index contributed by atoms with van der Waals surface area (Å²) >= 11 is 0. The zero-order valence-corrected chi connectivity index (χ0v) is 22.7. The molecule has 3 aromatic carbocycles. The van der Waals surface area contributed by atoms with Gasteiger partial charge in [-0.15, -0.1) is 0 Å². The van der Waals surface area contributed by atoms with Crippen LogP contribution in [0.4, 0.5) is 18.9 Å². The number of likely N-dealkylation sites (tertiary alicyclic amines) is 1. The third-order valence-corrected chi connectivity index (χ3v) is 7.94. The number of methoxy groups -OCH3 is 3. The maximum absolute atomic E-state index is 13.8. The van der Waals surface area contributed by atoms with E-state index in [-0.39, 0.29) is 36.3 Å². The van der Waals surface area contributed by atoms with E-state index < -0.39 is 23.2 Å². The smallest absolute Gasteiger partial charge is 0.416 e. The van der Waals surface area contributed by atoms with Crippen molar-refractivity contribution >= 4 is 17.5 Å². The van der Waals surface area contributed by atoms with Crippen molar-refractivity contribution in [1.29, 1.82) is 0 Å². The molecule has 0 bridgehead atoms. The molecule has 2 aliphatic heterocycles. The van der Waals surface area contributed by atoms with E-state index in [4.69, 9.17) is 14.2 Å². The minimum atomic E-state index is -4.56. The lowest BCUT2D eigenvalue weighted by Gasteiger charge is -2.59. The van der Waals surface area contributed by atoms with Gasteiger partial charge in [-0.1, -0.05) is 18.2 Å². The van der Waals surface area contributed by atoms with Gasteiger partial charge in [-0.3, -0.25) is 9.59 Å². The first-order chi connectivity index (χ1) is 19.5. The molecule has 2 heterocycles. The summed E-state index contributed by atoms with van der Waals surface area (Å²) in [5.41, 5.74) is -0.610. The number of halogens is 3. The molecule has 1 N–H and O–H groups in total. The van der Waals surface area contributed by atoms with E-state index in [0.29, 0.717) is 41.2 Å². The van der Waals surface area contributed by atoms with Crippen molar-refractivity contribution in [2.24, 2.45) is 5.41 Å². The van der Waals surface area contributed by atoms with Crippen molar-refractivity contribution in [3.63, 3.8) is 0 Å². The molecule has 2 fully saturated rings. The minimum absolute atomic E-state index is 0.0323. The maximum atomic E-state index is 13.8. The average Bonchev–Trinajstić information content (AvgIpc) is 2.98. The molecular formula is C30H29F3N2O6. The van der Waals surface area contributed by atoms with Crippen LogP contribution in [0.2, 0.25) is 0 Å². The zero-order chi connectivity index (χ0) is 29.5. The fourth-order valence-electron chi connectivity index (χ4n) is 5.86. The Morgan fingerprint density at radius 1 is 0.927 bits per heavy atom. The third kappa shape index (κ3) is 4.79. The fourth-order valence-corrected chi connectivity index (χ4v) is 5.86. The number of ether oxygens (including phenoxy) is 3. The molecule has 0 aromatic heterocycles. The fraction of sp³-hybridized carbons (Fsp3) is 0.333. The number of rotatable bonds is 6. The number of piperidine rings is 1. The highest BCUT2D eigenvalue weighted by molar-refractivity contribution is 6.06. The number of anilines is 1. The molecule has 5 rings (SSSR count). The Morgan fingerprint density at radius 3 is 2.07 bits per heavy atom. The molecule has 2 aliphatic rings. The Bertz CT molecular complexity index is 1440. The molecule has 11 heteroatoms. The van der Waals surface area contributed by atoms with Gasteiger partial charge in [0.15, 0.2) is 11.5 Å². The first-order valence-corrected chi connectivity index (χ1v) is 12.9. The van der Waals surface area contributed by atoms with Crippen LogP contribution >= 0.6 is 0 Å². The molecule has 0 saturated carbocycles. The summed E-state index contributed by atoms with van der Waals surface area (Å²) in [7, 11) is 4.38. The highest BCUT2D eigenvalue weighted by atomic mass is 19.4. The van der Waals surface area contributed by atoms with Crippen molar-refractivity contribution in [3.05, 3.63) is 77.4 Å². The quantitative estimate of drug-likeness (QED) is 0.397. The normalized spacial score (nSPS) is 18.2. The summed E-state index contributed by atoms with van der Waals surface area (Å²) in [6.07, 6.45) is -3.94. The number of β-lactam (4-membered cyclic amide) rings is 1. The van der Waals surface area contributed by atoms with Gasteiger partial charge in [-0.05, 0) is 60.9 Å². The van der Waals surface area contributed by atoms with E-state index >= 15 is 0 Å². The standard InChI is InChI=1S/C30H29F3N2O6/c1-39-23-15-19(16-24(40-2)25(23)41-3)27(37)34-13-11-29(12-14-34)26(18-7-9-22(36)10-8-18)35(28(29)38)21-6-4-5-20(17-21)30(31,32)33/h4-10,15-17,26,36H,11-14H2,1-3H3. The number of hydrogen-bond acceptors (Lipinski definition) is 6. The molecule has 3 aromatic rings. The number of phenolic OH excluding ortho intramolecular Hbond substituents is 1. The second-order valence-corrected chi connectivity index (χ2v) is 10.1. The Balaban J connectivity index is 1.44. The van der Waals surface area contributed by atoms with Gasteiger partial charge in [-0.25, -0.2) is 0 Å². The topological polar surface area (TPSA) is 88.5 Å². The number of phenols is 1. The van der Waals surface area contributed by atoms with Crippen LogP contribution in [0.3, 0.4) is 0 Å². The largest absolute Gasteiger partial charge is 0.508 e. The van der Waals surface area contributed by atoms with E-state index in [9.17, 15) is 27.9 Å². The van der Waals surface area contributed by atoms with Gasteiger partial charge in [0.1, 0.15) is 5.75 Å². The first-order valence-electron chi connectivity index (χ1n) is 12.9. The van der Waals surface area contributed by atoms with Gasteiger partial charge in [0.2, 0.25) is 11.7 Å². The van der Waals surface area contributed by atoms with Crippen LogP contribution in [0.5, 0.6) is 23.0 Å². The number of hydrogen-bond donors (Lipinski definition) is 1.